The molecule has 0 radical (unpaired) electrons. The smallest absolute Gasteiger partial charge is 0.253 e. The zero-order valence-electron chi connectivity index (χ0n) is 13.8. The molecule has 1 aliphatic heterocycles. The van der Waals surface area contributed by atoms with E-state index in [1.165, 1.54) is 12.3 Å². The van der Waals surface area contributed by atoms with Crippen molar-refractivity contribution in [3.05, 3.63) is 56.5 Å². The molecule has 140 valence electrons. The van der Waals surface area contributed by atoms with Crippen LogP contribution in [0, 0.1) is 5.92 Å². The summed E-state index contributed by atoms with van der Waals surface area (Å²) < 4.78 is 0.447. The van der Waals surface area contributed by atoms with E-state index in [2.05, 4.69) is 47.7 Å². The molecule has 2 amide bonds. The van der Waals surface area contributed by atoms with Crippen LogP contribution in [0.25, 0.3) is 0 Å². The van der Waals surface area contributed by atoms with Crippen molar-refractivity contribution in [3.8, 4) is 11.5 Å². The van der Waals surface area contributed by atoms with Crippen LogP contribution < -0.4 is 10.7 Å². The van der Waals surface area contributed by atoms with E-state index in [1.54, 1.807) is 0 Å². The van der Waals surface area contributed by atoms with Crippen molar-refractivity contribution in [2.75, 3.05) is 6.54 Å². The van der Waals surface area contributed by atoms with Crippen molar-refractivity contribution < 1.29 is 19.8 Å². The highest BCUT2D eigenvalue weighted by Crippen LogP contribution is 2.40. The van der Waals surface area contributed by atoms with Crippen LogP contribution >= 0.6 is 31.9 Å². The Hall–Kier alpha value is -2.39. The Morgan fingerprint density at radius 1 is 1.22 bits per heavy atom. The molecule has 7 nitrogen and oxygen atoms in total. The predicted molar refractivity (Wildman–Crippen MR) is 107 cm³/mol. The Bertz CT molecular complexity index is 919. The van der Waals surface area contributed by atoms with Gasteiger partial charge in [0.2, 0.25) is 5.91 Å². The predicted octanol–water partition coefficient (Wildman–Crippen LogP) is 2.60. The molecule has 0 bridgehead atoms. The fraction of sp³-hybridized carbons (Fsp3) is 0.167. The molecule has 27 heavy (non-hydrogen) atoms. The van der Waals surface area contributed by atoms with Crippen LogP contribution in [0.3, 0.4) is 0 Å². The van der Waals surface area contributed by atoms with Gasteiger partial charge in [-0.1, -0.05) is 30.3 Å². The molecule has 1 heterocycles. The topological polar surface area (TPSA) is 111 Å². The maximum absolute atomic E-state index is 12.5. The fourth-order valence-electron chi connectivity index (χ4n) is 2.88. The minimum Gasteiger partial charge on any atom is -0.506 e. The van der Waals surface area contributed by atoms with E-state index in [0.29, 0.717) is 11.0 Å². The number of hydrogen-bond donors (Lipinski definition) is 4. The van der Waals surface area contributed by atoms with Gasteiger partial charge in [0, 0.05) is 18.0 Å². The minimum absolute atomic E-state index is 0.101. The molecule has 0 aromatic heterocycles. The van der Waals surface area contributed by atoms with Crippen molar-refractivity contribution >= 4 is 49.9 Å². The van der Waals surface area contributed by atoms with Crippen molar-refractivity contribution in [1.29, 1.82) is 0 Å². The third kappa shape index (κ3) is 3.98. The molecule has 2 aromatic carbocycles. The van der Waals surface area contributed by atoms with Crippen LogP contribution in [-0.2, 0) is 9.59 Å². The van der Waals surface area contributed by atoms with Crippen LogP contribution in [0.4, 0.5) is 0 Å². The summed E-state index contributed by atoms with van der Waals surface area (Å²) in [5.41, 5.74) is 3.51. The van der Waals surface area contributed by atoms with Gasteiger partial charge < -0.3 is 15.5 Å². The molecule has 9 heteroatoms. The molecule has 0 spiro atoms. The highest BCUT2D eigenvalue weighted by atomic mass is 79.9. The van der Waals surface area contributed by atoms with E-state index in [9.17, 15) is 19.8 Å². The summed E-state index contributed by atoms with van der Waals surface area (Å²) in [7, 11) is 0. The summed E-state index contributed by atoms with van der Waals surface area (Å²) in [6.45, 7) is 0.378. The van der Waals surface area contributed by atoms with Gasteiger partial charge in [0.1, 0.15) is 21.9 Å². The van der Waals surface area contributed by atoms with Gasteiger partial charge >= 0.3 is 0 Å². The number of nitrogens with one attached hydrogen (secondary N) is 2. The summed E-state index contributed by atoms with van der Waals surface area (Å²) in [5, 5.41) is 26.3. The van der Waals surface area contributed by atoms with Gasteiger partial charge in [-0.25, -0.2) is 5.43 Å². The van der Waals surface area contributed by atoms with Crippen molar-refractivity contribution in [3.63, 3.8) is 0 Å². The number of hydrogen-bond acceptors (Lipinski definition) is 5. The van der Waals surface area contributed by atoms with E-state index >= 15 is 0 Å². The Morgan fingerprint density at radius 3 is 2.63 bits per heavy atom. The second-order valence-corrected chi connectivity index (χ2v) is 7.58. The average Bonchev–Trinajstić information content (AvgIpc) is 3.06. The lowest BCUT2D eigenvalue weighted by Gasteiger charge is -2.15. The first kappa shape index (κ1) is 19.4. The van der Waals surface area contributed by atoms with Crippen LogP contribution in [0.15, 0.2) is 50.4 Å². The number of phenolic OH excluding ortho intramolecular Hbond substituents is 2. The second kappa shape index (κ2) is 8.10. The number of rotatable bonds is 4. The van der Waals surface area contributed by atoms with Crippen molar-refractivity contribution in [2.24, 2.45) is 11.0 Å². The summed E-state index contributed by atoms with van der Waals surface area (Å²) in [6.07, 6.45) is 1.23. The number of halogens is 2. The third-order valence-electron chi connectivity index (χ3n) is 4.27. The first-order valence-corrected chi connectivity index (χ1v) is 9.54. The first-order valence-electron chi connectivity index (χ1n) is 7.95. The van der Waals surface area contributed by atoms with Crippen LogP contribution in [-0.4, -0.2) is 34.8 Å². The molecule has 2 atom stereocenters. The maximum atomic E-state index is 12.5. The normalized spacial score (nSPS) is 19.3. The number of carbonyl (C=O) groups is 2. The number of benzene rings is 2. The molecular weight excluding hydrogens is 482 g/mol. The van der Waals surface area contributed by atoms with Gasteiger partial charge in [0.25, 0.3) is 5.91 Å². The Balaban J connectivity index is 1.75. The number of amides is 2. The zero-order chi connectivity index (χ0) is 19.6. The van der Waals surface area contributed by atoms with Gasteiger partial charge in [-0.05, 0) is 43.5 Å². The van der Waals surface area contributed by atoms with Crippen LogP contribution in [0.2, 0.25) is 0 Å². The molecule has 1 saturated heterocycles. The zero-order valence-corrected chi connectivity index (χ0v) is 17.0. The average molecular weight is 497 g/mol. The lowest BCUT2D eigenvalue weighted by Crippen LogP contribution is -2.34. The van der Waals surface area contributed by atoms with Crippen molar-refractivity contribution in [1.82, 2.24) is 10.7 Å². The van der Waals surface area contributed by atoms with Gasteiger partial charge in [-0.2, -0.15) is 5.10 Å². The molecule has 0 aliphatic carbocycles. The lowest BCUT2D eigenvalue weighted by molar-refractivity contribution is -0.133. The molecule has 2 aromatic rings. The highest BCUT2D eigenvalue weighted by molar-refractivity contribution is 9.11. The van der Waals surface area contributed by atoms with E-state index in [4.69, 9.17) is 0 Å². The third-order valence-corrected chi connectivity index (χ3v) is 5.62. The summed E-state index contributed by atoms with van der Waals surface area (Å²) in [6, 6.07) is 10.8. The molecular formula is C18H15Br2N3O4. The Morgan fingerprint density at radius 2 is 1.93 bits per heavy atom. The first-order chi connectivity index (χ1) is 12.9. The number of aromatic hydroxyl groups is 2. The lowest BCUT2D eigenvalue weighted by atomic mass is 9.88. The summed E-state index contributed by atoms with van der Waals surface area (Å²) >= 11 is 6.22. The monoisotopic (exact) mass is 495 g/mol. The number of carbonyl (C=O) groups excluding carboxylic acids is 2. The molecule has 0 saturated carbocycles. The van der Waals surface area contributed by atoms with Crippen LogP contribution in [0.5, 0.6) is 11.5 Å². The van der Waals surface area contributed by atoms with E-state index in [-0.39, 0.29) is 33.4 Å². The van der Waals surface area contributed by atoms with E-state index < -0.39 is 11.8 Å². The molecule has 4 N–H and O–H groups in total. The Labute approximate surface area is 171 Å². The Kier molecular flexibility index (Phi) is 5.81. The molecule has 1 aliphatic rings. The van der Waals surface area contributed by atoms with Crippen molar-refractivity contribution in [2.45, 2.75) is 5.92 Å². The number of hydrazone groups is 1. The van der Waals surface area contributed by atoms with Gasteiger partial charge in [0.15, 0.2) is 0 Å². The SMILES string of the molecule is O=C1NC[C@H](c2ccccc2)[C@@H]1C(=O)N/N=C/c1cc(Br)c(O)c(Br)c1O. The molecule has 1 fully saturated rings. The highest BCUT2D eigenvalue weighted by Gasteiger charge is 2.40. The van der Waals surface area contributed by atoms with Gasteiger partial charge in [-0.3, -0.25) is 9.59 Å². The second-order valence-electron chi connectivity index (χ2n) is 5.93. The molecule has 0 unspecified atom stereocenters. The van der Waals surface area contributed by atoms with E-state index in [1.807, 2.05) is 30.3 Å². The maximum Gasteiger partial charge on any atom is 0.253 e. The fourth-order valence-corrected chi connectivity index (χ4v) is 4.04. The standard InChI is InChI=1S/C18H15Br2N3O4/c19-12-6-10(15(24)14(20)16(12)25)7-22-23-18(27)13-11(8-21-17(13)26)9-4-2-1-3-5-9/h1-7,11,13,24-25H,8H2,(H,21,26)(H,23,27)/b22-7+/t11-,13+/m1/s1. The summed E-state index contributed by atoms with van der Waals surface area (Å²) in [5.74, 6) is -2.44. The number of nitrogens with zero attached hydrogens (tertiary/aromatic N) is 1. The largest absolute Gasteiger partial charge is 0.506 e. The minimum atomic E-state index is -0.892. The van der Waals surface area contributed by atoms with E-state index in [0.717, 1.165) is 5.56 Å². The molecule has 3 rings (SSSR count). The number of phenols is 2. The van der Waals surface area contributed by atoms with Gasteiger partial charge in [0.05, 0.1) is 10.7 Å². The van der Waals surface area contributed by atoms with Gasteiger partial charge in [-0.15, -0.1) is 0 Å². The quantitative estimate of drug-likeness (QED) is 0.296. The summed E-state index contributed by atoms with van der Waals surface area (Å²) in [4.78, 5) is 24.6. The van der Waals surface area contributed by atoms with Crippen LogP contribution in [0.1, 0.15) is 17.0 Å².